The van der Waals surface area contributed by atoms with Crippen molar-refractivity contribution in [2.45, 2.75) is 45.3 Å². The summed E-state index contributed by atoms with van der Waals surface area (Å²) in [6.45, 7) is 6.15. The van der Waals surface area contributed by atoms with Crippen LogP contribution in [0.2, 0.25) is 0 Å². The largest absolute Gasteiger partial charge is 0.395 e. The van der Waals surface area contributed by atoms with Gasteiger partial charge in [-0.25, -0.2) is 0 Å². The first kappa shape index (κ1) is 12.0. The molecule has 3 heteroatoms. The molecule has 14 heavy (non-hydrogen) atoms. The fourth-order valence-electron chi connectivity index (χ4n) is 1.88. The van der Waals surface area contributed by atoms with Crippen LogP contribution in [-0.2, 0) is 4.74 Å². The Bertz CT molecular complexity index is 146. The molecule has 0 heterocycles. The van der Waals surface area contributed by atoms with E-state index in [4.69, 9.17) is 9.84 Å². The van der Waals surface area contributed by atoms with Gasteiger partial charge in [-0.1, -0.05) is 0 Å². The molecular formula is C11H23NO2. The molecule has 0 bridgehead atoms. The summed E-state index contributed by atoms with van der Waals surface area (Å²) in [5, 5.41) is 12.1. The molecule has 1 unspecified atom stereocenters. The molecule has 1 rings (SSSR count). The molecular weight excluding hydrogens is 178 g/mol. The molecule has 0 radical (unpaired) electrons. The lowest BCUT2D eigenvalue weighted by molar-refractivity contribution is -0.0265. The van der Waals surface area contributed by atoms with E-state index in [9.17, 15) is 0 Å². The number of ether oxygens (including phenoxy) is 1. The van der Waals surface area contributed by atoms with Gasteiger partial charge in [0.25, 0.3) is 0 Å². The number of hydrogen-bond acceptors (Lipinski definition) is 3. The zero-order chi connectivity index (χ0) is 10.4. The van der Waals surface area contributed by atoms with Gasteiger partial charge >= 0.3 is 0 Å². The van der Waals surface area contributed by atoms with Gasteiger partial charge < -0.3 is 15.2 Å². The summed E-state index contributed by atoms with van der Waals surface area (Å²) in [7, 11) is 0. The highest BCUT2D eigenvalue weighted by Gasteiger charge is 2.28. The Morgan fingerprint density at radius 2 is 2.21 bits per heavy atom. The molecule has 0 amide bonds. The molecule has 0 aromatic heterocycles. The second-order valence-electron chi connectivity index (χ2n) is 4.24. The van der Waals surface area contributed by atoms with E-state index in [1.54, 1.807) is 0 Å². The van der Waals surface area contributed by atoms with Gasteiger partial charge in [-0.2, -0.15) is 0 Å². The van der Waals surface area contributed by atoms with E-state index in [0.29, 0.717) is 6.10 Å². The van der Waals surface area contributed by atoms with Crippen molar-refractivity contribution in [2.24, 2.45) is 5.92 Å². The first-order valence-corrected chi connectivity index (χ1v) is 5.72. The summed E-state index contributed by atoms with van der Waals surface area (Å²) in [6, 6.07) is 0.234. The summed E-state index contributed by atoms with van der Waals surface area (Å²) in [6.07, 6.45) is 4.19. The predicted molar refractivity (Wildman–Crippen MR) is 57.3 cm³/mol. The average Bonchev–Trinajstić information content (AvgIpc) is 2.13. The Morgan fingerprint density at radius 1 is 1.50 bits per heavy atom. The van der Waals surface area contributed by atoms with E-state index in [1.165, 1.54) is 19.3 Å². The van der Waals surface area contributed by atoms with Crippen molar-refractivity contribution in [2.75, 3.05) is 19.8 Å². The van der Waals surface area contributed by atoms with E-state index in [-0.39, 0.29) is 12.6 Å². The van der Waals surface area contributed by atoms with Gasteiger partial charge in [0.15, 0.2) is 0 Å². The number of rotatable bonds is 7. The Labute approximate surface area is 86.8 Å². The maximum absolute atomic E-state index is 8.80. The zero-order valence-electron chi connectivity index (χ0n) is 9.33. The third-order valence-electron chi connectivity index (χ3n) is 2.91. The summed E-state index contributed by atoms with van der Waals surface area (Å²) >= 11 is 0. The van der Waals surface area contributed by atoms with E-state index < -0.39 is 0 Å². The van der Waals surface area contributed by atoms with Crippen molar-refractivity contribution >= 4 is 0 Å². The summed E-state index contributed by atoms with van der Waals surface area (Å²) in [5.74, 6) is 0.838. The predicted octanol–water partition coefficient (Wildman–Crippen LogP) is 1.16. The third kappa shape index (κ3) is 3.95. The topological polar surface area (TPSA) is 41.5 Å². The molecule has 0 aromatic rings. The molecule has 84 valence electrons. The standard InChI is InChI=1S/C11H23NO2/c1-3-14-11-6-10(7-11)4-5-12-9(2)8-13/h9-13H,3-8H2,1-2H3. The second-order valence-corrected chi connectivity index (χ2v) is 4.24. The average molecular weight is 201 g/mol. The van der Waals surface area contributed by atoms with Gasteiger partial charge in [0, 0.05) is 12.6 Å². The molecule has 0 spiro atoms. The van der Waals surface area contributed by atoms with Crippen molar-refractivity contribution in [3.63, 3.8) is 0 Å². The van der Waals surface area contributed by atoms with Gasteiger partial charge in [-0.05, 0) is 45.6 Å². The first-order valence-electron chi connectivity index (χ1n) is 5.72. The maximum atomic E-state index is 8.80. The molecule has 0 aromatic carbocycles. The Morgan fingerprint density at radius 3 is 2.79 bits per heavy atom. The Hall–Kier alpha value is -0.120. The van der Waals surface area contributed by atoms with Crippen molar-refractivity contribution < 1.29 is 9.84 Å². The number of nitrogens with one attached hydrogen (secondary N) is 1. The summed E-state index contributed by atoms with van der Waals surface area (Å²) in [5.41, 5.74) is 0. The van der Waals surface area contributed by atoms with Crippen LogP contribution in [0.1, 0.15) is 33.1 Å². The van der Waals surface area contributed by atoms with Crippen molar-refractivity contribution in [1.29, 1.82) is 0 Å². The molecule has 1 aliphatic rings. The lowest BCUT2D eigenvalue weighted by Crippen LogP contribution is -2.36. The van der Waals surface area contributed by atoms with E-state index in [2.05, 4.69) is 12.2 Å². The van der Waals surface area contributed by atoms with Gasteiger partial charge in [0.1, 0.15) is 0 Å². The highest BCUT2D eigenvalue weighted by atomic mass is 16.5. The minimum atomic E-state index is 0.228. The highest BCUT2D eigenvalue weighted by molar-refractivity contribution is 4.80. The lowest BCUT2D eigenvalue weighted by Gasteiger charge is -2.35. The zero-order valence-corrected chi connectivity index (χ0v) is 9.33. The fraction of sp³-hybridized carbons (Fsp3) is 1.00. The van der Waals surface area contributed by atoms with Crippen LogP contribution < -0.4 is 5.32 Å². The van der Waals surface area contributed by atoms with Gasteiger partial charge in [-0.15, -0.1) is 0 Å². The van der Waals surface area contributed by atoms with E-state index in [1.807, 2.05) is 6.92 Å². The Kier molecular flexibility index (Phi) is 5.45. The summed E-state index contributed by atoms with van der Waals surface area (Å²) < 4.78 is 5.50. The van der Waals surface area contributed by atoms with Gasteiger partial charge in [0.05, 0.1) is 12.7 Å². The van der Waals surface area contributed by atoms with Crippen LogP contribution in [0.15, 0.2) is 0 Å². The minimum absolute atomic E-state index is 0.228. The molecule has 1 saturated carbocycles. The van der Waals surface area contributed by atoms with Crippen LogP contribution in [0.5, 0.6) is 0 Å². The van der Waals surface area contributed by atoms with Crippen LogP contribution >= 0.6 is 0 Å². The maximum Gasteiger partial charge on any atom is 0.0581 e. The molecule has 0 saturated heterocycles. The van der Waals surface area contributed by atoms with Crippen LogP contribution in [0.25, 0.3) is 0 Å². The molecule has 1 fully saturated rings. The molecule has 0 aliphatic heterocycles. The minimum Gasteiger partial charge on any atom is -0.395 e. The molecule has 1 atom stereocenters. The second kappa shape index (κ2) is 6.38. The highest BCUT2D eigenvalue weighted by Crippen LogP contribution is 2.32. The van der Waals surface area contributed by atoms with E-state index in [0.717, 1.165) is 19.1 Å². The van der Waals surface area contributed by atoms with Gasteiger partial charge in [0.2, 0.25) is 0 Å². The van der Waals surface area contributed by atoms with Crippen molar-refractivity contribution in [1.82, 2.24) is 5.32 Å². The quantitative estimate of drug-likeness (QED) is 0.649. The first-order chi connectivity index (χ1) is 6.76. The molecule has 2 N–H and O–H groups in total. The smallest absolute Gasteiger partial charge is 0.0581 e. The van der Waals surface area contributed by atoms with Crippen LogP contribution in [-0.4, -0.2) is 37.0 Å². The molecule has 3 nitrogen and oxygen atoms in total. The van der Waals surface area contributed by atoms with E-state index >= 15 is 0 Å². The molecule has 1 aliphatic carbocycles. The number of hydrogen-bond donors (Lipinski definition) is 2. The third-order valence-corrected chi connectivity index (χ3v) is 2.91. The van der Waals surface area contributed by atoms with Crippen molar-refractivity contribution in [3.05, 3.63) is 0 Å². The fourth-order valence-corrected chi connectivity index (χ4v) is 1.88. The number of aliphatic hydroxyl groups excluding tert-OH is 1. The van der Waals surface area contributed by atoms with Crippen LogP contribution in [0, 0.1) is 5.92 Å². The monoisotopic (exact) mass is 201 g/mol. The SMILES string of the molecule is CCOC1CC(CCNC(C)CO)C1. The van der Waals surface area contributed by atoms with Crippen molar-refractivity contribution in [3.8, 4) is 0 Å². The lowest BCUT2D eigenvalue weighted by atomic mass is 9.80. The normalized spacial score (nSPS) is 28.5. The summed E-state index contributed by atoms with van der Waals surface area (Å²) in [4.78, 5) is 0. The number of aliphatic hydroxyl groups is 1. The Balaban J connectivity index is 1.90. The van der Waals surface area contributed by atoms with Crippen LogP contribution in [0.4, 0.5) is 0 Å². The van der Waals surface area contributed by atoms with Crippen LogP contribution in [0.3, 0.4) is 0 Å². The van der Waals surface area contributed by atoms with Gasteiger partial charge in [-0.3, -0.25) is 0 Å².